The Bertz CT molecular complexity index is 735. The Morgan fingerprint density at radius 1 is 1.17 bits per heavy atom. The third-order valence-corrected chi connectivity index (χ3v) is 5.44. The fourth-order valence-electron chi connectivity index (χ4n) is 1.83. The minimum Gasteiger partial charge on any atom is -0.396 e. The molecule has 0 unspecified atom stereocenters. The van der Waals surface area contributed by atoms with E-state index in [4.69, 9.17) is 5.11 Å². The van der Waals surface area contributed by atoms with Crippen LogP contribution in [-0.2, 0) is 0 Å². The van der Waals surface area contributed by atoms with Crippen LogP contribution in [0, 0.1) is 21.0 Å². The molecule has 0 radical (unpaired) electrons. The largest absolute Gasteiger partial charge is 0.396 e. The molecule has 0 saturated heterocycles. The van der Waals surface area contributed by atoms with Gasteiger partial charge in [0.15, 0.2) is 17.5 Å². The van der Waals surface area contributed by atoms with Gasteiger partial charge in [-0.15, -0.1) is 11.8 Å². The van der Waals surface area contributed by atoms with Crippen LogP contribution in [0.5, 0.6) is 0 Å². The van der Waals surface area contributed by atoms with Crippen molar-refractivity contribution in [3.05, 3.63) is 56.9 Å². The minimum atomic E-state index is -1.58. The van der Waals surface area contributed by atoms with Gasteiger partial charge in [-0.05, 0) is 47.2 Å². The summed E-state index contributed by atoms with van der Waals surface area (Å²) in [7, 11) is 0. The number of hydrogen-bond acceptors (Lipinski definition) is 3. The number of benzene rings is 2. The van der Waals surface area contributed by atoms with E-state index in [1.54, 1.807) is 18.2 Å². The summed E-state index contributed by atoms with van der Waals surface area (Å²) < 4.78 is 40.3. The van der Waals surface area contributed by atoms with E-state index in [0.29, 0.717) is 17.7 Å². The van der Waals surface area contributed by atoms with Crippen LogP contribution < -0.4 is 5.32 Å². The van der Waals surface area contributed by atoms with Crippen LogP contribution in [0.2, 0.25) is 0 Å². The maximum atomic E-state index is 13.2. The van der Waals surface area contributed by atoms with Crippen molar-refractivity contribution in [1.29, 1.82) is 0 Å². The second-order valence-electron chi connectivity index (χ2n) is 4.78. The predicted octanol–water partition coefficient (Wildman–Crippen LogP) is 4.44. The normalized spacial score (nSPS) is 10.7. The molecule has 8 heteroatoms. The van der Waals surface area contributed by atoms with Gasteiger partial charge >= 0.3 is 0 Å². The van der Waals surface area contributed by atoms with E-state index in [1.165, 1.54) is 11.8 Å². The van der Waals surface area contributed by atoms with Gasteiger partial charge in [0.05, 0.1) is 0 Å². The zero-order chi connectivity index (χ0) is 17.7. The first-order valence-electron chi connectivity index (χ1n) is 6.91. The van der Waals surface area contributed by atoms with Gasteiger partial charge in [0.2, 0.25) is 0 Å². The number of thioether (sulfide) groups is 1. The average molecular weight is 467 g/mol. The fraction of sp³-hybridized carbons (Fsp3) is 0.188. The Hall–Kier alpha value is -1.26. The first-order valence-corrected chi connectivity index (χ1v) is 8.98. The first-order chi connectivity index (χ1) is 11.4. The van der Waals surface area contributed by atoms with Crippen molar-refractivity contribution in [2.24, 2.45) is 0 Å². The number of anilines is 1. The van der Waals surface area contributed by atoms with Crippen molar-refractivity contribution in [2.45, 2.75) is 11.3 Å². The standard InChI is InChI=1S/C16H13F3INO2S/c17-11-7-10(8-12(18)15(11)19)21-16(23)9-2-3-13(20)14(6-9)24-5-1-4-22/h2-3,6-8,22H,1,4-5H2,(H,21,23). The van der Waals surface area contributed by atoms with Crippen LogP contribution in [0.15, 0.2) is 35.2 Å². The predicted molar refractivity (Wildman–Crippen MR) is 95.9 cm³/mol. The summed E-state index contributed by atoms with van der Waals surface area (Å²) in [5.41, 5.74) is 0.150. The molecule has 2 aromatic carbocycles. The summed E-state index contributed by atoms with van der Waals surface area (Å²) in [6.45, 7) is 0.0887. The van der Waals surface area contributed by atoms with Crippen molar-refractivity contribution in [3.63, 3.8) is 0 Å². The Balaban J connectivity index is 2.16. The number of amides is 1. The number of aliphatic hydroxyl groups is 1. The van der Waals surface area contributed by atoms with Crippen molar-refractivity contribution in [3.8, 4) is 0 Å². The van der Waals surface area contributed by atoms with Gasteiger partial charge in [-0.2, -0.15) is 0 Å². The van der Waals surface area contributed by atoms with E-state index >= 15 is 0 Å². The molecule has 0 heterocycles. The lowest BCUT2D eigenvalue weighted by atomic mass is 10.2. The van der Waals surface area contributed by atoms with Gasteiger partial charge in [0.25, 0.3) is 5.91 Å². The molecule has 0 spiro atoms. The van der Waals surface area contributed by atoms with Gasteiger partial charge in [0, 0.05) is 44.2 Å². The molecular weight excluding hydrogens is 454 g/mol. The minimum absolute atomic E-state index is 0.0887. The van der Waals surface area contributed by atoms with E-state index in [-0.39, 0.29) is 12.3 Å². The highest BCUT2D eigenvalue weighted by molar-refractivity contribution is 14.1. The second-order valence-corrected chi connectivity index (χ2v) is 7.08. The quantitative estimate of drug-likeness (QED) is 0.286. The highest BCUT2D eigenvalue weighted by atomic mass is 127. The molecule has 128 valence electrons. The Morgan fingerprint density at radius 3 is 2.46 bits per heavy atom. The highest BCUT2D eigenvalue weighted by Crippen LogP contribution is 2.27. The van der Waals surface area contributed by atoms with E-state index in [0.717, 1.165) is 20.6 Å². The van der Waals surface area contributed by atoms with Gasteiger partial charge in [-0.25, -0.2) is 13.2 Å². The van der Waals surface area contributed by atoms with Crippen molar-refractivity contribution >= 4 is 45.9 Å². The summed E-state index contributed by atoms with van der Waals surface area (Å²) in [5, 5.41) is 11.2. The molecule has 1 amide bonds. The Kier molecular flexibility index (Phi) is 6.93. The second kappa shape index (κ2) is 8.72. The Morgan fingerprint density at radius 2 is 1.83 bits per heavy atom. The van der Waals surface area contributed by atoms with E-state index in [1.807, 2.05) is 0 Å². The molecule has 0 atom stereocenters. The van der Waals surface area contributed by atoms with Crippen LogP contribution in [0.3, 0.4) is 0 Å². The lowest BCUT2D eigenvalue weighted by molar-refractivity contribution is 0.102. The molecule has 2 N–H and O–H groups in total. The number of aliphatic hydroxyl groups excluding tert-OH is 1. The first kappa shape index (κ1) is 19.1. The molecule has 0 saturated carbocycles. The van der Waals surface area contributed by atoms with Crippen molar-refractivity contribution < 1.29 is 23.1 Å². The number of halogens is 4. The van der Waals surface area contributed by atoms with Gasteiger partial charge in [0.1, 0.15) is 0 Å². The topological polar surface area (TPSA) is 49.3 Å². The van der Waals surface area contributed by atoms with E-state index in [9.17, 15) is 18.0 Å². The molecular formula is C16H13F3INO2S. The van der Waals surface area contributed by atoms with Crippen LogP contribution in [0.4, 0.5) is 18.9 Å². The number of rotatable bonds is 6. The Labute approximate surface area is 154 Å². The van der Waals surface area contributed by atoms with Gasteiger partial charge in [-0.1, -0.05) is 0 Å². The maximum Gasteiger partial charge on any atom is 0.255 e. The molecule has 0 aliphatic heterocycles. The molecule has 24 heavy (non-hydrogen) atoms. The molecule has 0 fully saturated rings. The smallest absolute Gasteiger partial charge is 0.255 e. The van der Waals surface area contributed by atoms with Crippen LogP contribution >= 0.6 is 34.4 Å². The molecule has 0 aliphatic rings. The van der Waals surface area contributed by atoms with Crippen molar-refractivity contribution in [2.75, 3.05) is 17.7 Å². The summed E-state index contributed by atoms with van der Waals surface area (Å²) in [6.07, 6.45) is 0.630. The molecule has 2 aromatic rings. The monoisotopic (exact) mass is 467 g/mol. The summed E-state index contributed by atoms with van der Waals surface area (Å²) in [4.78, 5) is 13.1. The maximum absolute atomic E-state index is 13.2. The lowest BCUT2D eigenvalue weighted by Gasteiger charge is -2.09. The summed E-state index contributed by atoms with van der Waals surface area (Å²) in [5.74, 6) is -4.17. The summed E-state index contributed by atoms with van der Waals surface area (Å²) >= 11 is 3.63. The molecule has 0 bridgehead atoms. The summed E-state index contributed by atoms with van der Waals surface area (Å²) in [6, 6.07) is 6.45. The number of carbonyl (C=O) groups is 1. The number of hydrogen-bond donors (Lipinski definition) is 2. The zero-order valence-electron chi connectivity index (χ0n) is 12.3. The lowest BCUT2D eigenvalue weighted by Crippen LogP contribution is -2.13. The molecule has 0 aromatic heterocycles. The van der Waals surface area contributed by atoms with Crippen LogP contribution in [0.25, 0.3) is 0 Å². The van der Waals surface area contributed by atoms with Crippen LogP contribution in [-0.4, -0.2) is 23.4 Å². The van der Waals surface area contributed by atoms with E-state index in [2.05, 4.69) is 27.9 Å². The average Bonchev–Trinajstić information content (AvgIpc) is 2.54. The van der Waals surface area contributed by atoms with Crippen molar-refractivity contribution in [1.82, 2.24) is 0 Å². The highest BCUT2D eigenvalue weighted by Gasteiger charge is 2.14. The third kappa shape index (κ3) is 4.87. The molecule has 0 aliphatic carbocycles. The van der Waals surface area contributed by atoms with E-state index < -0.39 is 23.4 Å². The molecule has 3 nitrogen and oxygen atoms in total. The number of carbonyl (C=O) groups excluding carboxylic acids is 1. The SMILES string of the molecule is O=C(Nc1cc(F)c(F)c(F)c1)c1ccc(I)c(SCCCO)c1. The number of nitrogens with one attached hydrogen (secondary N) is 1. The van der Waals surface area contributed by atoms with Crippen LogP contribution in [0.1, 0.15) is 16.8 Å². The third-order valence-electron chi connectivity index (χ3n) is 3.00. The zero-order valence-corrected chi connectivity index (χ0v) is 15.3. The fourth-order valence-corrected chi connectivity index (χ4v) is 3.55. The molecule has 2 rings (SSSR count). The van der Waals surface area contributed by atoms with Gasteiger partial charge in [-0.3, -0.25) is 4.79 Å². The van der Waals surface area contributed by atoms with Gasteiger partial charge < -0.3 is 10.4 Å².